The number of pyridine rings is 1. The molecule has 0 atom stereocenters. The van der Waals surface area contributed by atoms with Gasteiger partial charge in [0.2, 0.25) is 0 Å². The standard InChI is InChI=1S/C19H18Cl2N4O/c20-15-3-1-14(2-4-15)19(26)24-9-7-23(8-10-24)12-17-13-25-11-16(21)5-6-18(25)22-17/h1-6,11,13H,7-10,12H2. The Morgan fingerprint density at radius 1 is 0.923 bits per heavy atom. The van der Waals surface area contributed by atoms with E-state index in [1.54, 1.807) is 24.3 Å². The second-order valence-electron chi connectivity index (χ2n) is 6.42. The summed E-state index contributed by atoms with van der Waals surface area (Å²) in [4.78, 5) is 21.4. The first-order chi connectivity index (χ1) is 12.6. The molecule has 1 fully saturated rings. The highest BCUT2D eigenvalue weighted by Gasteiger charge is 2.22. The number of nitrogens with zero attached hydrogens (tertiary/aromatic N) is 4. The Morgan fingerprint density at radius 3 is 2.35 bits per heavy atom. The lowest BCUT2D eigenvalue weighted by molar-refractivity contribution is 0.0627. The number of halogens is 2. The van der Waals surface area contributed by atoms with E-state index in [2.05, 4.69) is 9.88 Å². The van der Waals surface area contributed by atoms with Crippen molar-refractivity contribution in [3.05, 3.63) is 70.1 Å². The predicted molar refractivity (Wildman–Crippen MR) is 103 cm³/mol. The molecule has 0 radical (unpaired) electrons. The molecule has 0 spiro atoms. The Kier molecular flexibility index (Phi) is 4.85. The molecule has 3 heterocycles. The van der Waals surface area contributed by atoms with Crippen molar-refractivity contribution >= 4 is 34.8 Å². The van der Waals surface area contributed by atoms with Gasteiger partial charge in [-0.1, -0.05) is 23.2 Å². The van der Waals surface area contributed by atoms with E-state index in [9.17, 15) is 4.79 Å². The normalized spacial score (nSPS) is 15.5. The van der Waals surface area contributed by atoms with Gasteiger partial charge in [0.25, 0.3) is 5.91 Å². The van der Waals surface area contributed by atoms with Crippen molar-refractivity contribution in [2.45, 2.75) is 6.54 Å². The Hall–Kier alpha value is -2.08. The minimum atomic E-state index is 0.0590. The highest BCUT2D eigenvalue weighted by molar-refractivity contribution is 6.30. The maximum atomic E-state index is 12.6. The van der Waals surface area contributed by atoms with Gasteiger partial charge in [0.1, 0.15) is 5.65 Å². The average molecular weight is 389 g/mol. The molecule has 0 saturated carbocycles. The first kappa shape index (κ1) is 17.3. The zero-order chi connectivity index (χ0) is 18.1. The van der Waals surface area contributed by atoms with E-state index in [0.717, 1.165) is 31.0 Å². The minimum Gasteiger partial charge on any atom is -0.336 e. The second kappa shape index (κ2) is 7.27. The monoisotopic (exact) mass is 388 g/mol. The van der Waals surface area contributed by atoms with E-state index in [-0.39, 0.29) is 5.91 Å². The first-order valence-electron chi connectivity index (χ1n) is 8.49. The average Bonchev–Trinajstić information content (AvgIpc) is 3.03. The van der Waals surface area contributed by atoms with E-state index in [0.29, 0.717) is 28.7 Å². The molecule has 5 nitrogen and oxygen atoms in total. The lowest BCUT2D eigenvalue weighted by Gasteiger charge is -2.34. The maximum Gasteiger partial charge on any atom is 0.253 e. The largest absolute Gasteiger partial charge is 0.336 e. The maximum absolute atomic E-state index is 12.6. The van der Waals surface area contributed by atoms with Gasteiger partial charge in [-0.3, -0.25) is 9.69 Å². The van der Waals surface area contributed by atoms with Crippen LogP contribution in [0.4, 0.5) is 0 Å². The molecule has 1 aromatic carbocycles. The SMILES string of the molecule is O=C(c1ccc(Cl)cc1)N1CCN(Cc2cn3cc(Cl)ccc3n2)CC1. The highest BCUT2D eigenvalue weighted by Crippen LogP contribution is 2.16. The zero-order valence-corrected chi connectivity index (χ0v) is 15.6. The van der Waals surface area contributed by atoms with Gasteiger partial charge in [-0.15, -0.1) is 0 Å². The fraction of sp³-hybridized carbons (Fsp3) is 0.263. The number of carbonyl (C=O) groups is 1. The summed E-state index contributed by atoms with van der Waals surface area (Å²) in [6.45, 7) is 3.84. The Bertz CT molecular complexity index is 930. The third-order valence-electron chi connectivity index (χ3n) is 4.60. The molecule has 1 aliphatic rings. The molecule has 134 valence electrons. The fourth-order valence-electron chi connectivity index (χ4n) is 3.21. The predicted octanol–water partition coefficient (Wildman–Crippen LogP) is 3.60. The summed E-state index contributed by atoms with van der Waals surface area (Å²) < 4.78 is 1.94. The molecule has 1 amide bonds. The zero-order valence-electron chi connectivity index (χ0n) is 14.1. The Balaban J connectivity index is 1.37. The number of carbonyl (C=O) groups excluding carboxylic acids is 1. The summed E-state index contributed by atoms with van der Waals surface area (Å²) in [7, 11) is 0. The quantitative estimate of drug-likeness (QED) is 0.688. The number of amides is 1. The molecule has 4 rings (SSSR count). The van der Waals surface area contributed by atoms with Gasteiger partial charge in [0, 0.05) is 55.7 Å². The van der Waals surface area contributed by atoms with Crippen LogP contribution in [0.3, 0.4) is 0 Å². The summed E-state index contributed by atoms with van der Waals surface area (Å²) in [5, 5.41) is 1.33. The summed E-state index contributed by atoms with van der Waals surface area (Å²) in [6, 6.07) is 10.8. The first-order valence-corrected chi connectivity index (χ1v) is 9.24. The number of aromatic nitrogens is 2. The molecule has 7 heteroatoms. The van der Waals surface area contributed by atoms with E-state index in [1.807, 2.05) is 33.8 Å². The third kappa shape index (κ3) is 3.70. The molecule has 1 saturated heterocycles. The molecule has 0 bridgehead atoms. The minimum absolute atomic E-state index is 0.0590. The summed E-state index contributed by atoms with van der Waals surface area (Å²) >= 11 is 11.9. The van der Waals surface area contributed by atoms with E-state index >= 15 is 0 Å². The van der Waals surface area contributed by atoms with Crippen LogP contribution in [0.5, 0.6) is 0 Å². The van der Waals surface area contributed by atoms with Crippen molar-refractivity contribution in [3.63, 3.8) is 0 Å². The van der Waals surface area contributed by atoms with Crippen molar-refractivity contribution in [1.82, 2.24) is 19.2 Å². The number of benzene rings is 1. The lowest BCUT2D eigenvalue weighted by Crippen LogP contribution is -2.48. The van der Waals surface area contributed by atoms with Crippen LogP contribution in [-0.2, 0) is 6.54 Å². The number of piperazine rings is 1. The van der Waals surface area contributed by atoms with E-state index in [1.165, 1.54) is 0 Å². The number of fused-ring (bicyclic) bond motifs is 1. The second-order valence-corrected chi connectivity index (χ2v) is 7.29. The van der Waals surface area contributed by atoms with Crippen molar-refractivity contribution < 1.29 is 4.79 Å². The molecule has 26 heavy (non-hydrogen) atoms. The van der Waals surface area contributed by atoms with Gasteiger partial charge < -0.3 is 9.30 Å². The van der Waals surface area contributed by atoms with Crippen LogP contribution in [0.15, 0.2) is 48.8 Å². The number of imidazole rings is 1. The number of rotatable bonds is 3. The Labute approximate surface area is 161 Å². The van der Waals surface area contributed by atoms with Gasteiger partial charge in [-0.05, 0) is 36.4 Å². The van der Waals surface area contributed by atoms with Crippen LogP contribution in [0.25, 0.3) is 5.65 Å². The molecular formula is C19H18Cl2N4O. The molecule has 1 aliphatic heterocycles. The summed E-state index contributed by atoms with van der Waals surface area (Å²) in [5.74, 6) is 0.0590. The van der Waals surface area contributed by atoms with Gasteiger partial charge in [0.15, 0.2) is 0 Å². The van der Waals surface area contributed by atoms with Crippen LogP contribution >= 0.6 is 23.2 Å². The molecule has 0 aliphatic carbocycles. The van der Waals surface area contributed by atoms with Gasteiger partial charge in [0.05, 0.1) is 10.7 Å². The van der Waals surface area contributed by atoms with Crippen molar-refractivity contribution in [3.8, 4) is 0 Å². The smallest absolute Gasteiger partial charge is 0.253 e. The fourth-order valence-corrected chi connectivity index (χ4v) is 3.50. The van der Waals surface area contributed by atoms with Crippen LogP contribution in [-0.4, -0.2) is 51.3 Å². The molecule has 0 N–H and O–H groups in total. The lowest BCUT2D eigenvalue weighted by atomic mass is 10.2. The summed E-state index contributed by atoms with van der Waals surface area (Å²) in [6.07, 6.45) is 3.86. The topological polar surface area (TPSA) is 40.9 Å². The van der Waals surface area contributed by atoms with Crippen molar-refractivity contribution in [1.29, 1.82) is 0 Å². The summed E-state index contributed by atoms with van der Waals surface area (Å²) in [5.41, 5.74) is 2.57. The molecular weight excluding hydrogens is 371 g/mol. The number of hydrogen-bond donors (Lipinski definition) is 0. The Morgan fingerprint density at radius 2 is 1.62 bits per heavy atom. The van der Waals surface area contributed by atoms with E-state index in [4.69, 9.17) is 23.2 Å². The van der Waals surface area contributed by atoms with Gasteiger partial charge in [-0.25, -0.2) is 4.98 Å². The van der Waals surface area contributed by atoms with Crippen LogP contribution in [0.1, 0.15) is 16.1 Å². The van der Waals surface area contributed by atoms with E-state index < -0.39 is 0 Å². The van der Waals surface area contributed by atoms with Crippen molar-refractivity contribution in [2.24, 2.45) is 0 Å². The molecule has 0 unspecified atom stereocenters. The van der Waals surface area contributed by atoms with Crippen LogP contribution in [0, 0.1) is 0 Å². The van der Waals surface area contributed by atoms with Crippen LogP contribution < -0.4 is 0 Å². The third-order valence-corrected chi connectivity index (χ3v) is 5.08. The van der Waals surface area contributed by atoms with Gasteiger partial charge >= 0.3 is 0 Å². The molecule has 2 aromatic heterocycles. The highest BCUT2D eigenvalue weighted by atomic mass is 35.5. The van der Waals surface area contributed by atoms with Crippen molar-refractivity contribution in [2.75, 3.05) is 26.2 Å². The number of hydrogen-bond acceptors (Lipinski definition) is 3. The molecule has 3 aromatic rings. The van der Waals surface area contributed by atoms with Gasteiger partial charge in [-0.2, -0.15) is 0 Å². The van der Waals surface area contributed by atoms with Crippen LogP contribution in [0.2, 0.25) is 10.0 Å².